The fourth-order valence-electron chi connectivity index (χ4n) is 3.78. The highest BCUT2D eigenvalue weighted by Crippen LogP contribution is 2.34. The van der Waals surface area contributed by atoms with E-state index in [0.29, 0.717) is 16.7 Å². The van der Waals surface area contributed by atoms with Crippen LogP contribution in [0.4, 0.5) is 16.2 Å². The number of pyridine rings is 1. The third-order valence-electron chi connectivity index (χ3n) is 5.46. The molecule has 1 amide bonds. The predicted octanol–water partition coefficient (Wildman–Crippen LogP) is 4.95. The van der Waals surface area contributed by atoms with Gasteiger partial charge in [-0.2, -0.15) is 0 Å². The van der Waals surface area contributed by atoms with Crippen LogP contribution in [0, 0.1) is 10.1 Å². The molecule has 0 fully saturated rings. The Balaban J connectivity index is 1.80. The second-order valence-corrected chi connectivity index (χ2v) is 9.68. The van der Waals surface area contributed by atoms with Gasteiger partial charge in [-0.3, -0.25) is 15.1 Å². The first-order chi connectivity index (χ1) is 18.5. The predicted molar refractivity (Wildman–Crippen MR) is 145 cm³/mol. The zero-order chi connectivity index (χ0) is 28.4. The van der Waals surface area contributed by atoms with Crippen molar-refractivity contribution in [1.29, 1.82) is 0 Å². The molecular formula is C28H32N4O7. The summed E-state index contributed by atoms with van der Waals surface area (Å²) in [5, 5.41) is 14.0. The molecule has 1 atom stereocenters. The van der Waals surface area contributed by atoms with Crippen molar-refractivity contribution in [3.05, 3.63) is 88.2 Å². The highest BCUT2D eigenvalue weighted by molar-refractivity contribution is 5.80. The first kappa shape index (κ1) is 29.1. The lowest BCUT2D eigenvalue weighted by molar-refractivity contribution is -0.384. The molecule has 206 valence electrons. The zero-order valence-electron chi connectivity index (χ0n) is 22.1. The molecule has 1 heterocycles. The van der Waals surface area contributed by atoms with Crippen LogP contribution in [0.15, 0.2) is 67.0 Å². The number of aromatic nitrogens is 1. The van der Waals surface area contributed by atoms with E-state index in [1.807, 2.05) is 30.3 Å². The molecule has 11 heteroatoms. The van der Waals surface area contributed by atoms with Crippen molar-refractivity contribution >= 4 is 23.4 Å². The standard InChI is InChI=1S/C28H32N4O7/c1-28(2,3)39-26(33)18-37-14-12-25(31-27(34)38-17-19-7-5-4-6-8-19)23-16-30-13-11-21(23)22-10-9-20(32(35)36)15-24(22)29/h4-11,13,15-16,25H,12,14,17-18,29H2,1-3H3,(H,31,34)/t25-/m0/s1. The summed E-state index contributed by atoms with van der Waals surface area (Å²) >= 11 is 0. The van der Waals surface area contributed by atoms with Crippen LogP contribution in [0.3, 0.4) is 0 Å². The Morgan fingerprint density at radius 2 is 1.85 bits per heavy atom. The maximum absolute atomic E-state index is 12.8. The molecule has 0 saturated heterocycles. The van der Waals surface area contributed by atoms with E-state index < -0.39 is 28.6 Å². The first-order valence-corrected chi connectivity index (χ1v) is 12.3. The lowest BCUT2D eigenvalue weighted by Crippen LogP contribution is -2.31. The van der Waals surface area contributed by atoms with Gasteiger partial charge in [0.05, 0.1) is 11.0 Å². The van der Waals surface area contributed by atoms with Crippen molar-refractivity contribution in [2.24, 2.45) is 0 Å². The average Bonchev–Trinajstić information content (AvgIpc) is 2.89. The SMILES string of the molecule is CC(C)(C)OC(=O)COCC[C@H](NC(=O)OCc1ccccc1)c1cnccc1-c1ccc([N+](=O)[O-])cc1N. The van der Waals surface area contributed by atoms with Gasteiger partial charge in [0.1, 0.15) is 18.8 Å². The summed E-state index contributed by atoms with van der Waals surface area (Å²) in [6.07, 6.45) is 2.73. The molecule has 2 aromatic carbocycles. The number of nitro groups is 1. The number of nitrogens with zero attached hydrogens (tertiary/aromatic N) is 2. The Labute approximate surface area is 226 Å². The lowest BCUT2D eigenvalue weighted by Gasteiger charge is -2.22. The van der Waals surface area contributed by atoms with Crippen molar-refractivity contribution in [1.82, 2.24) is 10.3 Å². The summed E-state index contributed by atoms with van der Waals surface area (Å²) in [5.74, 6) is -0.505. The Morgan fingerprint density at radius 1 is 1.10 bits per heavy atom. The van der Waals surface area contributed by atoms with E-state index in [9.17, 15) is 19.7 Å². The maximum atomic E-state index is 12.8. The number of carbonyl (C=O) groups excluding carboxylic acids is 2. The molecule has 0 aliphatic rings. The second-order valence-electron chi connectivity index (χ2n) is 9.68. The molecule has 0 saturated carbocycles. The van der Waals surface area contributed by atoms with E-state index >= 15 is 0 Å². The Bertz CT molecular complexity index is 1290. The molecule has 0 unspecified atom stereocenters. The van der Waals surface area contributed by atoms with Crippen molar-refractivity contribution in [3.63, 3.8) is 0 Å². The van der Waals surface area contributed by atoms with E-state index in [1.165, 1.54) is 12.1 Å². The van der Waals surface area contributed by atoms with E-state index in [-0.39, 0.29) is 37.6 Å². The molecule has 39 heavy (non-hydrogen) atoms. The van der Waals surface area contributed by atoms with E-state index in [4.69, 9.17) is 19.9 Å². The quantitative estimate of drug-likeness (QED) is 0.114. The van der Waals surface area contributed by atoms with Gasteiger partial charge in [-0.1, -0.05) is 30.3 Å². The molecule has 1 aromatic heterocycles. The number of carbonyl (C=O) groups is 2. The number of nitrogens with one attached hydrogen (secondary N) is 1. The molecule has 3 rings (SSSR count). The number of nitro benzene ring substituents is 1. The number of anilines is 1. The zero-order valence-corrected chi connectivity index (χ0v) is 22.1. The van der Waals surface area contributed by atoms with Gasteiger partial charge < -0.3 is 25.3 Å². The van der Waals surface area contributed by atoms with Gasteiger partial charge in [0.25, 0.3) is 5.69 Å². The highest BCUT2D eigenvalue weighted by Gasteiger charge is 2.22. The number of alkyl carbamates (subject to hydrolysis) is 1. The smallest absolute Gasteiger partial charge is 0.407 e. The summed E-state index contributed by atoms with van der Waals surface area (Å²) in [5.41, 5.74) is 8.17. The first-order valence-electron chi connectivity index (χ1n) is 12.3. The van der Waals surface area contributed by atoms with Crippen molar-refractivity contribution in [2.75, 3.05) is 18.9 Å². The van der Waals surface area contributed by atoms with Gasteiger partial charge in [-0.15, -0.1) is 0 Å². The highest BCUT2D eigenvalue weighted by atomic mass is 16.6. The minimum atomic E-state index is -0.664. The summed E-state index contributed by atoms with van der Waals surface area (Å²) in [7, 11) is 0. The van der Waals surface area contributed by atoms with Gasteiger partial charge >= 0.3 is 12.1 Å². The van der Waals surface area contributed by atoms with Crippen LogP contribution in [0.5, 0.6) is 0 Å². The number of non-ortho nitro benzene ring substituents is 1. The van der Waals surface area contributed by atoms with Crippen LogP contribution in [-0.2, 0) is 25.6 Å². The normalized spacial score (nSPS) is 11.9. The summed E-state index contributed by atoms with van der Waals surface area (Å²) < 4.78 is 16.2. The van der Waals surface area contributed by atoms with Crippen LogP contribution in [0.1, 0.15) is 44.4 Å². The van der Waals surface area contributed by atoms with Gasteiger partial charge in [0.15, 0.2) is 0 Å². The number of nitrogen functional groups attached to an aromatic ring is 1. The van der Waals surface area contributed by atoms with E-state index in [2.05, 4.69) is 10.3 Å². The van der Waals surface area contributed by atoms with Crippen molar-refractivity contribution in [2.45, 2.75) is 45.4 Å². The van der Waals surface area contributed by atoms with Crippen molar-refractivity contribution < 1.29 is 28.7 Å². The van der Waals surface area contributed by atoms with Gasteiger partial charge in [0.2, 0.25) is 0 Å². The van der Waals surface area contributed by atoms with E-state index in [1.54, 1.807) is 45.3 Å². The molecular weight excluding hydrogens is 504 g/mol. The Hall–Kier alpha value is -4.51. The second kappa shape index (κ2) is 13.3. The molecule has 3 N–H and O–H groups in total. The van der Waals surface area contributed by atoms with Crippen LogP contribution in [0.2, 0.25) is 0 Å². The lowest BCUT2D eigenvalue weighted by atomic mass is 9.94. The topological polar surface area (TPSA) is 156 Å². The summed E-state index contributed by atoms with van der Waals surface area (Å²) in [4.78, 5) is 39.6. The largest absolute Gasteiger partial charge is 0.458 e. The molecule has 0 bridgehead atoms. The molecule has 0 spiro atoms. The number of amides is 1. The summed E-state index contributed by atoms with van der Waals surface area (Å²) in [6, 6.07) is 14.5. The van der Waals surface area contributed by atoms with Gasteiger partial charge in [-0.25, -0.2) is 9.59 Å². The number of nitrogens with two attached hydrogens (primary N) is 1. The minimum absolute atomic E-state index is 0.0731. The number of hydrogen-bond donors (Lipinski definition) is 2. The number of rotatable bonds is 11. The molecule has 0 aliphatic heterocycles. The Kier molecular flexibility index (Phi) is 9.93. The van der Waals surface area contributed by atoms with Crippen molar-refractivity contribution in [3.8, 4) is 11.1 Å². The number of ether oxygens (including phenoxy) is 3. The Morgan fingerprint density at radius 3 is 2.51 bits per heavy atom. The molecule has 0 radical (unpaired) electrons. The number of benzene rings is 2. The number of esters is 1. The van der Waals surface area contributed by atoms with Crippen LogP contribution >= 0.6 is 0 Å². The molecule has 3 aromatic rings. The fraction of sp³-hybridized carbons (Fsp3) is 0.321. The van der Waals surface area contributed by atoms with Crippen LogP contribution in [-0.4, -0.2) is 40.8 Å². The van der Waals surface area contributed by atoms with Crippen LogP contribution < -0.4 is 11.1 Å². The van der Waals surface area contributed by atoms with Gasteiger partial charge in [0, 0.05) is 47.9 Å². The molecule has 11 nitrogen and oxygen atoms in total. The third-order valence-corrected chi connectivity index (χ3v) is 5.46. The fourth-order valence-corrected chi connectivity index (χ4v) is 3.78. The third kappa shape index (κ3) is 9.08. The average molecular weight is 537 g/mol. The maximum Gasteiger partial charge on any atom is 0.407 e. The monoisotopic (exact) mass is 536 g/mol. The minimum Gasteiger partial charge on any atom is -0.458 e. The van der Waals surface area contributed by atoms with Gasteiger partial charge in [-0.05, 0) is 50.5 Å². The summed E-state index contributed by atoms with van der Waals surface area (Å²) in [6.45, 7) is 5.22. The van der Waals surface area contributed by atoms with Crippen LogP contribution in [0.25, 0.3) is 11.1 Å². The molecule has 0 aliphatic carbocycles. The number of hydrogen-bond acceptors (Lipinski definition) is 9. The van der Waals surface area contributed by atoms with E-state index in [0.717, 1.165) is 5.56 Å².